The molecule has 1 amide bonds. The van der Waals surface area contributed by atoms with Crippen molar-refractivity contribution in [3.63, 3.8) is 0 Å². The third-order valence-electron chi connectivity index (χ3n) is 3.60. The Morgan fingerprint density at radius 3 is 2.60 bits per heavy atom. The number of aryl methyl sites for hydroxylation is 1. The van der Waals surface area contributed by atoms with E-state index in [1.807, 2.05) is 19.1 Å². The largest absolute Gasteiger partial charge is 0.467 e. The molecule has 0 saturated heterocycles. The van der Waals surface area contributed by atoms with E-state index in [1.165, 1.54) is 11.2 Å². The minimum atomic E-state index is -1.11. The molecule has 0 fully saturated rings. The van der Waals surface area contributed by atoms with E-state index >= 15 is 0 Å². The highest BCUT2D eigenvalue weighted by Gasteiger charge is 2.22. The molecule has 0 N–H and O–H groups in total. The Balaban J connectivity index is 1.92. The van der Waals surface area contributed by atoms with Gasteiger partial charge >= 0.3 is 0 Å². The monoisotopic (exact) mass is 381 g/mol. The van der Waals surface area contributed by atoms with Gasteiger partial charge in [-0.2, -0.15) is 0 Å². The van der Waals surface area contributed by atoms with Gasteiger partial charge in [0, 0.05) is 9.75 Å². The maximum atomic E-state index is 13.6. The molecule has 0 unspecified atom stereocenters. The zero-order valence-electron chi connectivity index (χ0n) is 13.3. The van der Waals surface area contributed by atoms with Crippen molar-refractivity contribution in [3.8, 4) is 0 Å². The Bertz CT molecular complexity index is 893. The summed E-state index contributed by atoms with van der Waals surface area (Å²) in [5, 5.41) is -0.129. The van der Waals surface area contributed by atoms with Crippen LogP contribution in [0.2, 0.25) is 5.02 Å². The smallest absolute Gasteiger partial charge is 0.256 e. The van der Waals surface area contributed by atoms with Crippen molar-refractivity contribution in [1.29, 1.82) is 0 Å². The Morgan fingerprint density at radius 2 is 1.96 bits per heavy atom. The van der Waals surface area contributed by atoms with Crippen molar-refractivity contribution in [1.82, 2.24) is 4.90 Å². The molecule has 7 heteroatoms. The predicted molar refractivity (Wildman–Crippen MR) is 92.7 cm³/mol. The van der Waals surface area contributed by atoms with E-state index in [2.05, 4.69) is 0 Å². The van der Waals surface area contributed by atoms with Gasteiger partial charge in [-0.1, -0.05) is 11.6 Å². The molecular formula is C18H14ClF2NO2S. The number of amides is 1. The van der Waals surface area contributed by atoms with E-state index in [9.17, 15) is 13.6 Å². The fraction of sp³-hybridized carbons (Fsp3) is 0.167. The highest BCUT2D eigenvalue weighted by molar-refractivity contribution is 7.11. The molecule has 0 atom stereocenters. The predicted octanol–water partition coefficient (Wildman–Crippen LogP) is 5.42. The maximum Gasteiger partial charge on any atom is 0.256 e. The van der Waals surface area contributed by atoms with Crippen molar-refractivity contribution in [2.45, 2.75) is 20.0 Å². The average Bonchev–Trinajstić information content (AvgIpc) is 3.21. The average molecular weight is 382 g/mol. The summed E-state index contributed by atoms with van der Waals surface area (Å²) >= 11 is 7.51. The van der Waals surface area contributed by atoms with Crippen LogP contribution in [-0.2, 0) is 13.1 Å². The number of hydrogen-bond donors (Lipinski definition) is 0. The molecule has 0 aliphatic heterocycles. The van der Waals surface area contributed by atoms with Crippen LogP contribution >= 0.6 is 22.9 Å². The fourth-order valence-electron chi connectivity index (χ4n) is 2.41. The van der Waals surface area contributed by atoms with Gasteiger partial charge in [0.2, 0.25) is 0 Å². The lowest BCUT2D eigenvalue weighted by atomic mass is 10.1. The molecule has 0 spiro atoms. The second-order valence-corrected chi connectivity index (χ2v) is 7.28. The summed E-state index contributed by atoms with van der Waals surface area (Å²) in [6.45, 7) is 2.48. The Morgan fingerprint density at radius 1 is 1.20 bits per heavy atom. The van der Waals surface area contributed by atoms with Crippen molar-refractivity contribution in [3.05, 3.63) is 80.4 Å². The highest BCUT2D eigenvalue weighted by Crippen LogP contribution is 2.25. The summed E-state index contributed by atoms with van der Waals surface area (Å²) in [7, 11) is 0. The number of rotatable bonds is 5. The van der Waals surface area contributed by atoms with Crippen LogP contribution in [0, 0.1) is 18.6 Å². The molecule has 0 aliphatic carbocycles. The van der Waals surface area contributed by atoms with Gasteiger partial charge in [-0.05, 0) is 43.3 Å². The number of carbonyl (C=O) groups is 1. The van der Waals surface area contributed by atoms with Gasteiger partial charge in [-0.15, -0.1) is 11.3 Å². The van der Waals surface area contributed by atoms with E-state index in [-0.39, 0.29) is 17.1 Å². The number of nitrogens with zero attached hydrogens (tertiary/aromatic N) is 1. The molecule has 130 valence electrons. The van der Waals surface area contributed by atoms with E-state index < -0.39 is 17.5 Å². The second-order valence-electron chi connectivity index (χ2n) is 5.50. The van der Waals surface area contributed by atoms with E-state index in [0.29, 0.717) is 12.3 Å². The minimum Gasteiger partial charge on any atom is -0.467 e. The van der Waals surface area contributed by atoms with Crippen LogP contribution in [0.4, 0.5) is 8.78 Å². The summed E-state index contributed by atoms with van der Waals surface area (Å²) < 4.78 is 32.2. The zero-order chi connectivity index (χ0) is 18.0. The van der Waals surface area contributed by atoms with Crippen molar-refractivity contribution < 1.29 is 18.0 Å². The molecule has 1 aromatic carbocycles. The van der Waals surface area contributed by atoms with Crippen LogP contribution < -0.4 is 0 Å². The first-order valence-electron chi connectivity index (χ1n) is 7.45. The van der Waals surface area contributed by atoms with Crippen molar-refractivity contribution in [2.75, 3.05) is 0 Å². The van der Waals surface area contributed by atoms with Gasteiger partial charge in [-0.25, -0.2) is 8.78 Å². The number of hydrogen-bond acceptors (Lipinski definition) is 3. The third kappa shape index (κ3) is 4.08. The minimum absolute atomic E-state index is 0.0830. The molecule has 2 aromatic heterocycles. The lowest BCUT2D eigenvalue weighted by Crippen LogP contribution is -2.30. The van der Waals surface area contributed by atoms with Crippen molar-refractivity contribution >= 4 is 28.8 Å². The lowest BCUT2D eigenvalue weighted by Gasteiger charge is -2.22. The Hall–Kier alpha value is -2.18. The van der Waals surface area contributed by atoms with Crippen LogP contribution in [0.25, 0.3) is 0 Å². The number of halogens is 3. The van der Waals surface area contributed by atoms with Crippen molar-refractivity contribution in [2.24, 2.45) is 0 Å². The maximum absolute atomic E-state index is 13.6. The zero-order valence-corrected chi connectivity index (χ0v) is 14.8. The van der Waals surface area contributed by atoms with Crippen LogP contribution in [0.1, 0.15) is 25.9 Å². The quantitative estimate of drug-likeness (QED) is 0.552. The number of carbonyl (C=O) groups excluding carboxylic acids is 1. The number of thiophene rings is 1. The Labute approximate surface area is 152 Å². The fourth-order valence-corrected chi connectivity index (χ4v) is 3.54. The first kappa shape index (κ1) is 17.6. The normalized spacial score (nSPS) is 10.9. The van der Waals surface area contributed by atoms with E-state index in [0.717, 1.165) is 21.9 Å². The van der Waals surface area contributed by atoms with Gasteiger partial charge in [0.25, 0.3) is 5.91 Å². The SMILES string of the molecule is Cc1ccc(CN(Cc2ccco2)C(=O)c2cc(F)c(F)cc2Cl)s1. The molecule has 3 rings (SSSR count). The molecule has 0 aliphatic rings. The third-order valence-corrected chi connectivity index (χ3v) is 4.90. The van der Waals surface area contributed by atoms with E-state index in [1.54, 1.807) is 23.5 Å². The lowest BCUT2D eigenvalue weighted by molar-refractivity contribution is 0.0719. The van der Waals surface area contributed by atoms with Crippen LogP contribution in [0.5, 0.6) is 0 Å². The molecule has 2 heterocycles. The van der Waals surface area contributed by atoms with Gasteiger partial charge in [0.15, 0.2) is 11.6 Å². The van der Waals surface area contributed by atoms with E-state index in [4.69, 9.17) is 16.0 Å². The summed E-state index contributed by atoms with van der Waals surface area (Å²) in [6.07, 6.45) is 1.51. The van der Waals surface area contributed by atoms with Gasteiger partial charge in [0.1, 0.15) is 5.76 Å². The summed E-state index contributed by atoms with van der Waals surface area (Å²) in [5.41, 5.74) is -0.0830. The topological polar surface area (TPSA) is 33.5 Å². The number of furan rings is 1. The molecular weight excluding hydrogens is 368 g/mol. The molecule has 3 aromatic rings. The molecule has 0 saturated carbocycles. The first-order chi connectivity index (χ1) is 11.9. The standard InChI is InChI=1S/C18H14ClF2NO2S/c1-11-4-5-13(25-11)10-22(9-12-3-2-6-24-12)18(23)14-7-16(20)17(21)8-15(14)19/h2-8H,9-10H2,1H3. The van der Waals surface area contributed by atoms with Crippen LogP contribution in [0.3, 0.4) is 0 Å². The van der Waals surface area contributed by atoms with Gasteiger partial charge < -0.3 is 9.32 Å². The Kier molecular flexibility index (Phi) is 5.20. The van der Waals surface area contributed by atoms with Gasteiger partial charge in [-0.3, -0.25) is 4.79 Å². The number of benzene rings is 1. The molecule has 0 bridgehead atoms. The summed E-state index contributed by atoms with van der Waals surface area (Å²) in [5.74, 6) is -2.11. The van der Waals surface area contributed by atoms with Gasteiger partial charge in [0.05, 0.1) is 29.9 Å². The second kappa shape index (κ2) is 7.37. The first-order valence-corrected chi connectivity index (χ1v) is 8.65. The summed E-state index contributed by atoms with van der Waals surface area (Å²) in [6, 6.07) is 8.99. The molecule has 3 nitrogen and oxygen atoms in total. The molecule has 25 heavy (non-hydrogen) atoms. The molecule has 0 radical (unpaired) electrons. The van der Waals surface area contributed by atoms with Crippen LogP contribution in [0.15, 0.2) is 47.1 Å². The summed E-state index contributed by atoms with van der Waals surface area (Å²) in [4.78, 5) is 16.5. The van der Waals surface area contributed by atoms with Crippen LogP contribution in [-0.4, -0.2) is 10.8 Å². The highest BCUT2D eigenvalue weighted by atomic mass is 35.5.